The van der Waals surface area contributed by atoms with Crippen molar-refractivity contribution in [2.45, 2.75) is 44.2 Å². The second-order valence-electron chi connectivity index (χ2n) is 4.63. The lowest BCUT2D eigenvalue weighted by atomic mass is 10.0. The molecular weight excluding hydrogens is 206 g/mol. The quantitative estimate of drug-likeness (QED) is 0.771. The molecule has 3 heterocycles. The number of aliphatic hydroxyl groups is 1. The van der Waals surface area contributed by atoms with Crippen LogP contribution in [0.15, 0.2) is 0 Å². The van der Waals surface area contributed by atoms with Gasteiger partial charge < -0.3 is 9.84 Å². The summed E-state index contributed by atoms with van der Waals surface area (Å²) in [4.78, 5) is 0. The Morgan fingerprint density at radius 2 is 2.19 bits per heavy atom. The summed E-state index contributed by atoms with van der Waals surface area (Å²) >= 11 is 0. The summed E-state index contributed by atoms with van der Waals surface area (Å²) in [5.41, 5.74) is 0. The Bertz CT molecular complexity index is 371. The third-order valence-electron chi connectivity index (χ3n) is 3.48. The molecule has 2 unspecified atom stereocenters. The monoisotopic (exact) mass is 223 g/mol. The van der Waals surface area contributed by atoms with Crippen LogP contribution in [0.1, 0.15) is 49.5 Å². The van der Waals surface area contributed by atoms with Crippen molar-refractivity contribution in [3.63, 3.8) is 0 Å². The Hall–Kier alpha value is -0.940. The zero-order chi connectivity index (χ0) is 11.0. The van der Waals surface area contributed by atoms with Crippen LogP contribution in [0, 0.1) is 0 Å². The fourth-order valence-electron chi connectivity index (χ4n) is 2.63. The minimum atomic E-state index is -0.435. The Morgan fingerprint density at radius 1 is 1.25 bits per heavy atom. The zero-order valence-corrected chi connectivity index (χ0v) is 9.30. The molecule has 3 rings (SSSR count). The Kier molecular flexibility index (Phi) is 2.65. The minimum absolute atomic E-state index is 0.308. The van der Waals surface area contributed by atoms with E-state index < -0.39 is 6.23 Å². The van der Waals surface area contributed by atoms with Gasteiger partial charge in [0.25, 0.3) is 0 Å². The molecule has 2 aliphatic heterocycles. The molecule has 0 bridgehead atoms. The number of fused-ring (bicyclic) bond motifs is 1. The van der Waals surface area contributed by atoms with E-state index >= 15 is 0 Å². The fourth-order valence-corrected chi connectivity index (χ4v) is 2.63. The second-order valence-corrected chi connectivity index (χ2v) is 4.63. The summed E-state index contributed by atoms with van der Waals surface area (Å²) in [5.74, 6) is 2.16. The summed E-state index contributed by atoms with van der Waals surface area (Å²) < 4.78 is 7.39. The predicted octanol–water partition coefficient (Wildman–Crippen LogP) is 0.999. The van der Waals surface area contributed by atoms with Gasteiger partial charge in [-0.05, 0) is 25.7 Å². The van der Waals surface area contributed by atoms with Gasteiger partial charge in [-0.15, -0.1) is 10.2 Å². The topological polar surface area (TPSA) is 60.2 Å². The van der Waals surface area contributed by atoms with Gasteiger partial charge in [0.2, 0.25) is 0 Å². The van der Waals surface area contributed by atoms with Crippen LogP contribution >= 0.6 is 0 Å². The first-order valence-electron chi connectivity index (χ1n) is 6.06. The molecular formula is C11H17N3O2. The van der Waals surface area contributed by atoms with Crippen LogP contribution in [0.2, 0.25) is 0 Å². The van der Waals surface area contributed by atoms with Crippen molar-refractivity contribution in [1.82, 2.24) is 14.8 Å². The molecule has 1 aromatic rings. The van der Waals surface area contributed by atoms with E-state index in [2.05, 4.69) is 10.2 Å². The van der Waals surface area contributed by atoms with E-state index in [0.29, 0.717) is 12.5 Å². The van der Waals surface area contributed by atoms with E-state index in [0.717, 1.165) is 50.4 Å². The molecule has 1 saturated heterocycles. The fraction of sp³-hybridized carbons (Fsp3) is 0.818. The summed E-state index contributed by atoms with van der Waals surface area (Å²) in [6, 6.07) is 0. The maximum atomic E-state index is 10.0. The van der Waals surface area contributed by atoms with Crippen LogP contribution in [0.5, 0.6) is 0 Å². The average molecular weight is 223 g/mol. The van der Waals surface area contributed by atoms with Crippen LogP contribution in [0.25, 0.3) is 0 Å². The second kappa shape index (κ2) is 4.14. The van der Waals surface area contributed by atoms with Gasteiger partial charge in [-0.25, -0.2) is 0 Å². The lowest BCUT2D eigenvalue weighted by Crippen LogP contribution is -2.24. The molecule has 0 saturated carbocycles. The number of aromatic nitrogens is 3. The molecule has 0 aromatic carbocycles. The van der Waals surface area contributed by atoms with Crippen molar-refractivity contribution in [2.24, 2.45) is 0 Å². The predicted molar refractivity (Wildman–Crippen MR) is 57.0 cm³/mol. The van der Waals surface area contributed by atoms with Crippen molar-refractivity contribution in [3.05, 3.63) is 11.6 Å². The molecule has 1 fully saturated rings. The molecule has 1 N–H and O–H groups in total. The van der Waals surface area contributed by atoms with Crippen molar-refractivity contribution in [3.8, 4) is 0 Å². The molecule has 2 atom stereocenters. The van der Waals surface area contributed by atoms with Crippen molar-refractivity contribution in [2.75, 3.05) is 13.2 Å². The van der Waals surface area contributed by atoms with E-state index in [1.807, 2.05) is 4.57 Å². The number of nitrogens with zero attached hydrogens (tertiary/aromatic N) is 3. The molecule has 0 aliphatic carbocycles. The number of ether oxygens (including phenoxy) is 1. The molecule has 16 heavy (non-hydrogen) atoms. The van der Waals surface area contributed by atoms with Gasteiger partial charge in [-0.1, -0.05) is 0 Å². The van der Waals surface area contributed by atoms with E-state index in [1.165, 1.54) is 0 Å². The van der Waals surface area contributed by atoms with Gasteiger partial charge in [0.15, 0.2) is 0 Å². The number of aryl methyl sites for hydroxylation is 1. The third kappa shape index (κ3) is 1.64. The van der Waals surface area contributed by atoms with Gasteiger partial charge in [0, 0.05) is 18.9 Å². The first-order chi connectivity index (χ1) is 7.86. The maximum absolute atomic E-state index is 10.0. The van der Waals surface area contributed by atoms with E-state index in [4.69, 9.17) is 4.74 Å². The smallest absolute Gasteiger partial charge is 0.140 e. The van der Waals surface area contributed by atoms with Crippen LogP contribution in [-0.2, 0) is 11.2 Å². The average Bonchev–Trinajstić information content (AvgIpc) is 2.75. The van der Waals surface area contributed by atoms with Gasteiger partial charge in [-0.2, -0.15) is 0 Å². The standard InChI is InChI=1S/C11H17N3O2/c15-10-5-1-4-9-12-13-11(14(9)10)8-3-2-6-16-7-8/h8,10,15H,1-7H2. The first kappa shape index (κ1) is 10.2. The van der Waals surface area contributed by atoms with E-state index in [9.17, 15) is 5.11 Å². The van der Waals surface area contributed by atoms with Crippen LogP contribution < -0.4 is 0 Å². The normalized spacial score (nSPS) is 30.1. The summed E-state index contributed by atoms with van der Waals surface area (Å²) in [6.07, 6.45) is 4.47. The van der Waals surface area contributed by atoms with Crippen molar-refractivity contribution < 1.29 is 9.84 Å². The third-order valence-corrected chi connectivity index (χ3v) is 3.48. The van der Waals surface area contributed by atoms with Gasteiger partial charge in [0.1, 0.15) is 17.9 Å². The molecule has 88 valence electrons. The highest BCUT2D eigenvalue weighted by Crippen LogP contribution is 2.30. The Labute approximate surface area is 94.4 Å². The number of aliphatic hydroxyl groups excluding tert-OH is 1. The molecule has 5 nitrogen and oxygen atoms in total. The highest BCUT2D eigenvalue weighted by atomic mass is 16.5. The van der Waals surface area contributed by atoms with Crippen LogP contribution in [-0.4, -0.2) is 33.1 Å². The highest BCUT2D eigenvalue weighted by molar-refractivity contribution is 5.06. The minimum Gasteiger partial charge on any atom is -0.381 e. The number of hydrogen-bond donors (Lipinski definition) is 1. The van der Waals surface area contributed by atoms with Crippen LogP contribution in [0.4, 0.5) is 0 Å². The number of rotatable bonds is 1. The SMILES string of the molecule is OC1CCCc2nnc(C3CCCOC3)n21. The molecule has 0 spiro atoms. The highest BCUT2D eigenvalue weighted by Gasteiger charge is 2.28. The molecule has 0 amide bonds. The zero-order valence-electron chi connectivity index (χ0n) is 9.30. The molecule has 1 aromatic heterocycles. The first-order valence-corrected chi connectivity index (χ1v) is 6.06. The van der Waals surface area contributed by atoms with E-state index in [-0.39, 0.29) is 0 Å². The molecule has 2 aliphatic rings. The van der Waals surface area contributed by atoms with Crippen LogP contribution in [0.3, 0.4) is 0 Å². The van der Waals surface area contributed by atoms with E-state index in [1.54, 1.807) is 0 Å². The molecule has 5 heteroatoms. The van der Waals surface area contributed by atoms with Crippen molar-refractivity contribution >= 4 is 0 Å². The van der Waals surface area contributed by atoms with Gasteiger partial charge >= 0.3 is 0 Å². The lowest BCUT2D eigenvalue weighted by Gasteiger charge is -2.26. The lowest BCUT2D eigenvalue weighted by molar-refractivity contribution is 0.0554. The maximum Gasteiger partial charge on any atom is 0.140 e. The summed E-state index contributed by atoms with van der Waals surface area (Å²) in [5, 5.41) is 18.4. The van der Waals surface area contributed by atoms with Crippen molar-refractivity contribution in [1.29, 1.82) is 0 Å². The summed E-state index contributed by atoms with van der Waals surface area (Å²) in [6.45, 7) is 1.56. The summed E-state index contributed by atoms with van der Waals surface area (Å²) in [7, 11) is 0. The van der Waals surface area contributed by atoms with Gasteiger partial charge in [-0.3, -0.25) is 4.57 Å². The van der Waals surface area contributed by atoms with Gasteiger partial charge in [0.05, 0.1) is 6.61 Å². The Morgan fingerprint density at radius 3 is 3.00 bits per heavy atom. The Balaban J connectivity index is 1.91. The number of hydrogen-bond acceptors (Lipinski definition) is 4. The largest absolute Gasteiger partial charge is 0.381 e. The molecule has 0 radical (unpaired) electrons.